The van der Waals surface area contributed by atoms with Gasteiger partial charge in [-0.15, -0.1) is 0 Å². The highest BCUT2D eigenvalue weighted by atomic mass is 79.9. The molecule has 0 amide bonds. The highest BCUT2D eigenvalue weighted by molar-refractivity contribution is 9.10. The number of hydrogen-bond donors (Lipinski definition) is 0. The van der Waals surface area contributed by atoms with Gasteiger partial charge >= 0.3 is 0 Å². The van der Waals surface area contributed by atoms with Crippen molar-refractivity contribution >= 4 is 15.9 Å². The molecule has 1 saturated carbocycles. The van der Waals surface area contributed by atoms with Gasteiger partial charge in [0.05, 0.1) is 0 Å². The third-order valence-electron chi connectivity index (χ3n) is 3.16. The van der Waals surface area contributed by atoms with Gasteiger partial charge in [-0.1, -0.05) is 13.3 Å². The van der Waals surface area contributed by atoms with Gasteiger partial charge in [0.2, 0.25) is 5.88 Å². The Morgan fingerprint density at radius 1 is 1.44 bits per heavy atom. The third kappa shape index (κ3) is 2.97. The number of aryl methyl sites for hydroxylation is 1. The number of nitrogens with zero attached hydrogens (tertiary/aromatic N) is 1. The molecular formula is C13H18BrNO. The van der Waals surface area contributed by atoms with E-state index in [9.17, 15) is 0 Å². The quantitative estimate of drug-likeness (QED) is 0.815. The van der Waals surface area contributed by atoms with Gasteiger partial charge in [-0.05, 0) is 54.1 Å². The van der Waals surface area contributed by atoms with Crippen LogP contribution in [0.25, 0.3) is 0 Å². The van der Waals surface area contributed by atoms with E-state index in [0.717, 1.165) is 28.3 Å². The van der Waals surface area contributed by atoms with E-state index in [1.54, 1.807) is 6.20 Å². The standard InChI is InChI=1S/C13H18BrNO/c1-9-4-3-5-12(6-9)16-13-10(2)7-11(14)8-15-13/h7-9,12H,3-6H2,1-2H3. The molecular weight excluding hydrogens is 266 g/mol. The lowest BCUT2D eigenvalue weighted by atomic mass is 9.89. The molecule has 0 radical (unpaired) electrons. The summed E-state index contributed by atoms with van der Waals surface area (Å²) in [6.45, 7) is 4.34. The Morgan fingerprint density at radius 3 is 2.94 bits per heavy atom. The molecule has 1 aliphatic carbocycles. The maximum Gasteiger partial charge on any atom is 0.216 e. The van der Waals surface area contributed by atoms with E-state index in [4.69, 9.17) is 4.74 Å². The van der Waals surface area contributed by atoms with Gasteiger partial charge in [0.15, 0.2) is 0 Å². The van der Waals surface area contributed by atoms with E-state index >= 15 is 0 Å². The maximum atomic E-state index is 5.98. The fraction of sp³-hybridized carbons (Fsp3) is 0.615. The van der Waals surface area contributed by atoms with E-state index < -0.39 is 0 Å². The SMILES string of the molecule is Cc1cc(Br)cnc1OC1CCCC(C)C1. The summed E-state index contributed by atoms with van der Waals surface area (Å²) in [4.78, 5) is 4.33. The van der Waals surface area contributed by atoms with Crippen molar-refractivity contribution in [3.8, 4) is 5.88 Å². The normalized spacial score (nSPS) is 25.4. The van der Waals surface area contributed by atoms with Crippen molar-refractivity contribution in [1.82, 2.24) is 4.98 Å². The van der Waals surface area contributed by atoms with Crippen LogP contribution < -0.4 is 4.74 Å². The Balaban J connectivity index is 2.02. The number of hydrogen-bond acceptors (Lipinski definition) is 2. The fourth-order valence-electron chi connectivity index (χ4n) is 2.29. The van der Waals surface area contributed by atoms with Gasteiger partial charge in [-0.25, -0.2) is 4.98 Å². The maximum absolute atomic E-state index is 5.98. The zero-order valence-corrected chi connectivity index (χ0v) is 11.5. The molecule has 0 N–H and O–H groups in total. The zero-order chi connectivity index (χ0) is 11.5. The number of pyridine rings is 1. The lowest BCUT2D eigenvalue weighted by molar-refractivity contribution is 0.123. The lowest BCUT2D eigenvalue weighted by Gasteiger charge is -2.27. The van der Waals surface area contributed by atoms with Gasteiger partial charge in [-0.3, -0.25) is 0 Å². The molecule has 3 heteroatoms. The molecule has 1 aromatic heterocycles. The number of ether oxygens (including phenoxy) is 1. The first kappa shape index (κ1) is 11.9. The van der Waals surface area contributed by atoms with Crippen LogP contribution in [0.5, 0.6) is 5.88 Å². The van der Waals surface area contributed by atoms with Gasteiger partial charge < -0.3 is 4.74 Å². The van der Waals surface area contributed by atoms with Crippen molar-refractivity contribution in [2.45, 2.75) is 45.6 Å². The number of rotatable bonds is 2. The van der Waals surface area contributed by atoms with E-state index in [2.05, 4.69) is 33.9 Å². The predicted octanol–water partition coefficient (Wildman–Crippen LogP) is 4.11. The molecule has 16 heavy (non-hydrogen) atoms. The summed E-state index contributed by atoms with van der Waals surface area (Å²) in [5.41, 5.74) is 1.10. The first-order valence-corrected chi connectivity index (χ1v) is 6.73. The molecule has 1 aliphatic rings. The van der Waals surface area contributed by atoms with Crippen LogP contribution in [0.1, 0.15) is 38.2 Å². The summed E-state index contributed by atoms with van der Waals surface area (Å²) in [5.74, 6) is 1.58. The van der Waals surface area contributed by atoms with Crippen LogP contribution in [-0.4, -0.2) is 11.1 Å². The third-order valence-corrected chi connectivity index (χ3v) is 3.60. The van der Waals surface area contributed by atoms with Gasteiger partial charge in [0, 0.05) is 16.2 Å². The average Bonchev–Trinajstić information content (AvgIpc) is 2.22. The molecule has 2 rings (SSSR count). The molecule has 1 fully saturated rings. The molecule has 2 atom stereocenters. The monoisotopic (exact) mass is 283 g/mol. The second-order valence-corrected chi connectivity index (χ2v) is 5.70. The summed E-state index contributed by atoms with van der Waals surface area (Å²) >= 11 is 3.41. The summed E-state index contributed by atoms with van der Waals surface area (Å²) in [6.07, 6.45) is 7.11. The Kier molecular flexibility index (Phi) is 3.85. The Morgan fingerprint density at radius 2 is 2.25 bits per heavy atom. The first-order valence-electron chi connectivity index (χ1n) is 5.94. The van der Waals surface area contributed by atoms with Gasteiger partial charge in [-0.2, -0.15) is 0 Å². The minimum Gasteiger partial charge on any atom is -0.474 e. The van der Waals surface area contributed by atoms with Crippen molar-refractivity contribution in [3.05, 3.63) is 22.3 Å². The van der Waals surface area contributed by atoms with E-state index in [0.29, 0.717) is 6.10 Å². The van der Waals surface area contributed by atoms with Crippen molar-refractivity contribution in [2.24, 2.45) is 5.92 Å². The lowest BCUT2D eigenvalue weighted by Crippen LogP contribution is -2.24. The molecule has 2 nitrogen and oxygen atoms in total. The average molecular weight is 284 g/mol. The first-order chi connectivity index (χ1) is 7.65. The molecule has 2 unspecified atom stereocenters. The molecule has 1 aromatic rings. The Hall–Kier alpha value is -0.570. The summed E-state index contributed by atoms with van der Waals surface area (Å²) in [6, 6.07) is 2.05. The van der Waals surface area contributed by atoms with Gasteiger partial charge in [0.25, 0.3) is 0 Å². The van der Waals surface area contributed by atoms with E-state index in [1.165, 1.54) is 19.3 Å². The predicted molar refractivity (Wildman–Crippen MR) is 68.7 cm³/mol. The highest BCUT2D eigenvalue weighted by Crippen LogP contribution is 2.28. The van der Waals surface area contributed by atoms with Crippen LogP contribution >= 0.6 is 15.9 Å². The largest absolute Gasteiger partial charge is 0.474 e. The zero-order valence-electron chi connectivity index (χ0n) is 9.87. The smallest absolute Gasteiger partial charge is 0.216 e. The molecule has 0 bridgehead atoms. The minimum absolute atomic E-state index is 0.358. The van der Waals surface area contributed by atoms with E-state index in [-0.39, 0.29) is 0 Å². The van der Waals surface area contributed by atoms with Crippen LogP contribution in [-0.2, 0) is 0 Å². The molecule has 1 heterocycles. The molecule has 0 saturated heterocycles. The Labute approximate surface area is 106 Å². The van der Waals surface area contributed by atoms with Crippen LogP contribution in [0.3, 0.4) is 0 Å². The topological polar surface area (TPSA) is 22.1 Å². The fourth-order valence-corrected chi connectivity index (χ4v) is 2.74. The summed E-state index contributed by atoms with van der Waals surface area (Å²) in [7, 11) is 0. The van der Waals surface area contributed by atoms with E-state index in [1.807, 2.05) is 6.92 Å². The minimum atomic E-state index is 0.358. The second kappa shape index (κ2) is 5.17. The van der Waals surface area contributed by atoms with Crippen molar-refractivity contribution < 1.29 is 4.74 Å². The van der Waals surface area contributed by atoms with Crippen LogP contribution in [0.4, 0.5) is 0 Å². The molecule has 0 aliphatic heterocycles. The summed E-state index contributed by atoms with van der Waals surface area (Å²) < 4.78 is 6.99. The Bertz CT molecular complexity index is 367. The highest BCUT2D eigenvalue weighted by Gasteiger charge is 2.21. The van der Waals surface area contributed by atoms with Gasteiger partial charge in [0.1, 0.15) is 6.10 Å². The number of halogens is 1. The van der Waals surface area contributed by atoms with Crippen LogP contribution in [0.15, 0.2) is 16.7 Å². The van der Waals surface area contributed by atoms with Crippen molar-refractivity contribution in [1.29, 1.82) is 0 Å². The van der Waals surface area contributed by atoms with Crippen LogP contribution in [0, 0.1) is 12.8 Å². The van der Waals surface area contributed by atoms with Crippen molar-refractivity contribution in [3.63, 3.8) is 0 Å². The van der Waals surface area contributed by atoms with Crippen molar-refractivity contribution in [2.75, 3.05) is 0 Å². The molecule has 0 aromatic carbocycles. The summed E-state index contributed by atoms with van der Waals surface area (Å²) in [5, 5.41) is 0. The molecule has 88 valence electrons. The van der Waals surface area contributed by atoms with Crippen LogP contribution in [0.2, 0.25) is 0 Å². The number of aromatic nitrogens is 1. The second-order valence-electron chi connectivity index (χ2n) is 4.79. The molecule has 0 spiro atoms.